The number of carbonyl (C=O) groups excluding carboxylic acids is 3. The summed E-state index contributed by atoms with van der Waals surface area (Å²) < 4.78 is 26.1. The Morgan fingerprint density at radius 1 is 0.738 bits per heavy atom. The van der Waals surface area contributed by atoms with E-state index in [4.69, 9.17) is 23.7 Å². The predicted octanol–water partition coefficient (Wildman–Crippen LogP) is 5.19. The molecule has 0 saturated heterocycles. The average Bonchev–Trinajstić information content (AvgIpc) is 2.93. The van der Waals surface area contributed by atoms with Crippen molar-refractivity contribution < 1.29 is 48.0 Å². The molecule has 0 bridgehead atoms. The molecule has 0 aliphatic carbocycles. The SMILES string of the molecule is COc1cc(/C=C/C(=O)Oc2ccc(C/C(=C\c3ccc(OC(C)=O)c(OC)c3)C(=O)O)c(C)c2)ccc1OC(C)=O. The van der Waals surface area contributed by atoms with E-state index in [-0.39, 0.29) is 23.5 Å². The van der Waals surface area contributed by atoms with Gasteiger partial charge in [0.05, 0.1) is 14.2 Å². The molecule has 0 heterocycles. The second-order valence-corrected chi connectivity index (χ2v) is 9.00. The molecule has 0 fully saturated rings. The molecule has 10 nitrogen and oxygen atoms in total. The number of rotatable bonds is 11. The molecule has 10 heteroatoms. The number of carboxylic acids is 1. The number of ether oxygens (including phenoxy) is 5. The lowest BCUT2D eigenvalue weighted by Gasteiger charge is -2.11. The summed E-state index contributed by atoms with van der Waals surface area (Å²) in [6, 6.07) is 14.5. The van der Waals surface area contributed by atoms with Crippen molar-refractivity contribution in [2.75, 3.05) is 14.2 Å². The lowest BCUT2D eigenvalue weighted by molar-refractivity contribution is -0.133. The number of aliphatic carboxylic acids is 1. The summed E-state index contributed by atoms with van der Waals surface area (Å²) in [6.07, 6.45) is 4.39. The zero-order valence-electron chi connectivity index (χ0n) is 23.8. The van der Waals surface area contributed by atoms with Gasteiger partial charge in [0.1, 0.15) is 5.75 Å². The van der Waals surface area contributed by atoms with E-state index in [2.05, 4.69) is 0 Å². The normalized spacial score (nSPS) is 11.1. The van der Waals surface area contributed by atoms with Gasteiger partial charge in [-0.25, -0.2) is 9.59 Å². The number of benzene rings is 3. The van der Waals surface area contributed by atoms with Crippen molar-refractivity contribution in [2.24, 2.45) is 0 Å². The molecule has 0 aromatic heterocycles. The first-order valence-corrected chi connectivity index (χ1v) is 12.6. The van der Waals surface area contributed by atoms with Crippen molar-refractivity contribution in [3.05, 3.63) is 88.5 Å². The Morgan fingerprint density at radius 2 is 1.31 bits per heavy atom. The number of carboxylic acid groups (broad SMARTS) is 1. The van der Waals surface area contributed by atoms with Crippen LogP contribution in [0.2, 0.25) is 0 Å². The monoisotopic (exact) mass is 574 g/mol. The van der Waals surface area contributed by atoms with Gasteiger partial charge in [-0.3, -0.25) is 9.59 Å². The highest BCUT2D eigenvalue weighted by molar-refractivity contribution is 5.93. The van der Waals surface area contributed by atoms with Crippen LogP contribution in [0.4, 0.5) is 0 Å². The molecule has 0 saturated carbocycles. The van der Waals surface area contributed by atoms with Crippen molar-refractivity contribution >= 4 is 36.0 Å². The third-order valence-corrected chi connectivity index (χ3v) is 5.82. The fourth-order valence-corrected chi connectivity index (χ4v) is 3.88. The quantitative estimate of drug-likeness (QED) is 0.185. The van der Waals surface area contributed by atoms with Crippen LogP contribution in [0.3, 0.4) is 0 Å². The summed E-state index contributed by atoms with van der Waals surface area (Å²) >= 11 is 0. The molecule has 218 valence electrons. The summed E-state index contributed by atoms with van der Waals surface area (Å²) in [4.78, 5) is 46.9. The molecule has 3 rings (SSSR count). The van der Waals surface area contributed by atoms with Crippen molar-refractivity contribution in [1.29, 1.82) is 0 Å². The average molecular weight is 575 g/mol. The summed E-state index contributed by atoms with van der Waals surface area (Å²) in [5.74, 6) is -1.30. The smallest absolute Gasteiger partial charge is 0.336 e. The van der Waals surface area contributed by atoms with Gasteiger partial charge in [-0.05, 0) is 77.7 Å². The zero-order chi connectivity index (χ0) is 30.8. The molecule has 42 heavy (non-hydrogen) atoms. The minimum Gasteiger partial charge on any atom is -0.493 e. The van der Waals surface area contributed by atoms with Crippen molar-refractivity contribution in [3.63, 3.8) is 0 Å². The van der Waals surface area contributed by atoms with E-state index in [9.17, 15) is 24.3 Å². The van der Waals surface area contributed by atoms with Crippen LogP contribution in [0.15, 0.2) is 66.2 Å². The summed E-state index contributed by atoms with van der Waals surface area (Å²) in [5, 5.41) is 9.82. The molecule has 0 aliphatic heterocycles. The fourth-order valence-electron chi connectivity index (χ4n) is 3.88. The predicted molar refractivity (Wildman–Crippen MR) is 154 cm³/mol. The van der Waals surface area contributed by atoms with Crippen LogP contribution in [-0.4, -0.2) is 43.2 Å². The molecule has 0 spiro atoms. The van der Waals surface area contributed by atoms with Gasteiger partial charge in [-0.1, -0.05) is 18.2 Å². The number of aryl methyl sites for hydroxylation is 1. The van der Waals surface area contributed by atoms with E-state index in [1.165, 1.54) is 52.4 Å². The van der Waals surface area contributed by atoms with E-state index in [0.29, 0.717) is 28.4 Å². The van der Waals surface area contributed by atoms with Crippen LogP contribution in [-0.2, 0) is 25.6 Å². The fraction of sp³-hybridized carbons (Fsp3) is 0.188. The van der Waals surface area contributed by atoms with E-state index in [1.54, 1.807) is 55.5 Å². The zero-order valence-corrected chi connectivity index (χ0v) is 23.8. The van der Waals surface area contributed by atoms with E-state index >= 15 is 0 Å². The largest absolute Gasteiger partial charge is 0.493 e. The highest BCUT2D eigenvalue weighted by Gasteiger charge is 2.14. The molecule has 0 aliphatic rings. The maximum atomic E-state index is 12.4. The van der Waals surface area contributed by atoms with Gasteiger partial charge in [0.15, 0.2) is 23.0 Å². The van der Waals surface area contributed by atoms with Crippen LogP contribution >= 0.6 is 0 Å². The highest BCUT2D eigenvalue weighted by Crippen LogP contribution is 2.30. The minimum atomic E-state index is -1.10. The Hall–Kier alpha value is -5.38. The number of hydrogen-bond acceptors (Lipinski definition) is 9. The van der Waals surface area contributed by atoms with Gasteiger partial charge in [-0.2, -0.15) is 0 Å². The first kappa shape index (κ1) is 31.2. The molecular formula is C32H30O10. The third-order valence-electron chi connectivity index (χ3n) is 5.82. The second-order valence-electron chi connectivity index (χ2n) is 9.00. The minimum absolute atomic E-state index is 0.106. The van der Waals surface area contributed by atoms with Crippen LogP contribution in [0.1, 0.15) is 36.1 Å². The van der Waals surface area contributed by atoms with Crippen molar-refractivity contribution in [3.8, 4) is 28.7 Å². The van der Waals surface area contributed by atoms with Crippen LogP contribution in [0.25, 0.3) is 12.2 Å². The summed E-state index contributed by atoms with van der Waals surface area (Å²) in [7, 11) is 2.86. The summed E-state index contributed by atoms with van der Waals surface area (Å²) in [6.45, 7) is 4.34. The number of hydrogen-bond donors (Lipinski definition) is 1. The third kappa shape index (κ3) is 8.82. The van der Waals surface area contributed by atoms with Crippen molar-refractivity contribution in [2.45, 2.75) is 27.2 Å². The van der Waals surface area contributed by atoms with Crippen molar-refractivity contribution in [1.82, 2.24) is 0 Å². The second kappa shape index (κ2) is 14.3. The van der Waals surface area contributed by atoms with Gasteiger partial charge in [0.2, 0.25) is 0 Å². The maximum absolute atomic E-state index is 12.4. The van der Waals surface area contributed by atoms with E-state index in [0.717, 1.165) is 11.1 Å². The molecule has 3 aromatic rings. The molecule has 0 amide bonds. The molecular weight excluding hydrogens is 544 g/mol. The number of esters is 3. The Kier molecular flexibility index (Phi) is 10.6. The van der Waals surface area contributed by atoms with Gasteiger partial charge in [0, 0.05) is 31.9 Å². The van der Waals surface area contributed by atoms with Gasteiger partial charge in [0.25, 0.3) is 0 Å². The Bertz CT molecular complexity index is 1570. The van der Waals surface area contributed by atoms with Gasteiger partial charge < -0.3 is 28.8 Å². The Morgan fingerprint density at radius 3 is 1.83 bits per heavy atom. The summed E-state index contributed by atoms with van der Waals surface area (Å²) in [5.41, 5.74) is 2.74. The molecule has 1 N–H and O–H groups in total. The molecule has 3 aromatic carbocycles. The first-order chi connectivity index (χ1) is 20.0. The van der Waals surface area contributed by atoms with Gasteiger partial charge in [-0.15, -0.1) is 0 Å². The van der Waals surface area contributed by atoms with Crippen LogP contribution in [0.5, 0.6) is 28.7 Å². The number of methoxy groups -OCH3 is 2. The molecule has 0 unspecified atom stereocenters. The van der Waals surface area contributed by atoms with Crippen LogP contribution in [0, 0.1) is 6.92 Å². The highest BCUT2D eigenvalue weighted by atomic mass is 16.6. The lowest BCUT2D eigenvalue weighted by atomic mass is 9.98. The Labute approximate surface area is 242 Å². The van der Waals surface area contributed by atoms with E-state index in [1.807, 2.05) is 0 Å². The standard InChI is InChI=1S/C32H30O10/c1-19-14-26(42-31(35)13-8-22-6-11-27(40-20(2)33)29(16-22)38-4)10-9-24(19)18-25(32(36)37)15-23-7-12-28(41-21(3)34)30(17-23)39-5/h6-17H,18H2,1-5H3,(H,36,37)/b13-8+,25-15+. The molecule has 0 atom stereocenters. The van der Waals surface area contributed by atoms with Crippen LogP contribution < -0.4 is 23.7 Å². The topological polar surface area (TPSA) is 135 Å². The lowest BCUT2D eigenvalue weighted by Crippen LogP contribution is -2.07. The Balaban J connectivity index is 1.72. The maximum Gasteiger partial charge on any atom is 0.336 e. The van der Waals surface area contributed by atoms with E-state index < -0.39 is 23.9 Å². The van der Waals surface area contributed by atoms with Gasteiger partial charge >= 0.3 is 23.9 Å². The molecule has 0 radical (unpaired) electrons. The first-order valence-electron chi connectivity index (χ1n) is 12.6. The number of carbonyl (C=O) groups is 4.